The number of carbonyl (C=O) groups is 2. The van der Waals surface area contributed by atoms with Crippen LogP contribution in [-0.4, -0.2) is 36.7 Å². The Hall–Kier alpha value is -2.73. The van der Waals surface area contributed by atoms with E-state index in [1.54, 1.807) is 36.4 Å². The van der Waals surface area contributed by atoms with Crippen LogP contribution in [0.4, 0.5) is 5.69 Å². The Morgan fingerprint density at radius 3 is 2.75 bits per heavy atom. The number of ether oxygens (including phenoxy) is 2. The standard InChI is InChI=1S/C17H14ClNO5/c1-23-13-7-6-10(18)8-11(13)16(20)19-9-15(17(21)22)24-14-5-3-2-4-12(14)19/h2-8,15H,9H2,1H3,(H,21,22)/t15-/m1/s1. The fourth-order valence-electron chi connectivity index (χ4n) is 2.55. The highest BCUT2D eigenvalue weighted by Crippen LogP contribution is 2.35. The molecule has 0 saturated carbocycles. The van der Waals surface area contributed by atoms with Gasteiger partial charge in [-0.3, -0.25) is 4.79 Å². The largest absolute Gasteiger partial charge is 0.496 e. The molecule has 1 heterocycles. The van der Waals surface area contributed by atoms with E-state index in [2.05, 4.69) is 0 Å². The number of carboxylic acid groups (broad SMARTS) is 1. The quantitative estimate of drug-likeness (QED) is 0.924. The van der Waals surface area contributed by atoms with E-state index in [-0.39, 0.29) is 12.1 Å². The number of nitrogens with zero attached hydrogens (tertiary/aromatic N) is 1. The van der Waals surface area contributed by atoms with Crippen molar-refractivity contribution < 1.29 is 24.2 Å². The summed E-state index contributed by atoms with van der Waals surface area (Å²) in [7, 11) is 1.45. The maximum Gasteiger partial charge on any atom is 0.346 e. The van der Waals surface area contributed by atoms with Gasteiger partial charge in [-0.25, -0.2) is 4.79 Å². The van der Waals surface area contributed by atoms with Crippen molar-refractivity contribution in [1.29, 1.82) is 0 Å². The molecule has 1 atom stereocenters. The highest BCUT2D eigenvalue weighted by Gasteiger charge is 2.34. The molecule has 2 aromatic carbocycles. The van der Waals surface area contributed by atoms with Crippen molar-refractivity contribution in [3.8, 4) is 11.5 Å². The van der Waals surface area contributed by atoms with Crippen LogP contribution in [0.2, 0.25) is 5.02 Å². The average Bonchev–Trinajstić information content (AvgIpc) is 2.60. The van der Waals surface area contributed by atoms with Gasteiger partial charge in [0.1, 0.15) is 11.5 Å². The molecule has 24 heavy (non-hydrogen) atoms. The molecule has 0 radical (unpaired) electrons. The number of methoxy groups -OCH3 is 1. The van der Waals surface area contributed by atoms with Gasteiger partial charge >= 0.3 is 5.97 Å². The molecular weight excluding hydrogens is 334 g/mol. The molecule has 1 aliphatic heterocycles. The Kier molecular flexibility index (Phi) is 4.31. The van der Waals surface area contributed by atoms with Crippen LogP contribution in [-0.2, 0) is 4.79 Å². The number of para-hydroxylation sites is 2. The lowest BCUT2D eigenvalue weighted by molar-refractivity contribution is -0.144. The first kappa shape index (κ1) is 16.1. The van der Waals surface area contributed by atoms with Gasteiger partial charge in [-0.2, -0.15) is 0 Å². The first-order valence-corrected chi connectivity index (χ1v) is 7.53. The number of carbonyl (C=O) groups excluding carboxylic acids is 1. The van der Waals surface area contributed by atoms with Crippen LogP contribution in [0.1, 0.15) is 10.4 Å². The number of fused-ring (bicyclic) bond motifs is 1. The summed E-state index contributed by atoms with van der Waals surface area (Å²) < 4.78 is 10.7. The number of anilines is 1. The van der Waals surface area contributed by atoms with Gasteiger partial charge in [0.05, 0.1) is 24.9 Å². The normalized spacial score (nSPS) is 16.1. The number of benzene rings is 2. The third-order valence-corrected chi connectivity index (χ3v) is 3.92. The highest BCUT2D eigenvalue weighted by atomic mass is 35.5. The third kappa shape index (κ3) is 2.88. The minimum absolute atomic E-state index is 0.110. The van der Waals surface area contributed by atoms with Crippen LogP contribution >= 0.6 is 11.6 Å². The van der Waals surface area contributed by atoms with E-state index in [0.717, 1.165) is 0 Å². The van der Waals surface area contributed by atoms with E-state index in [9.17, 15) is 14.7 Å². The zero-order valence-electron chi connectivity index (χ0n) is 12.7. The molecule has 1 N–H and O–H groups in total. The van der Waals surface area contributed by atoms with Crippen molar-refractivity contribution in [2.24, 2.45) is 0 Å². The van der Waals surface area contributed by atoms with Crippen LogP contribution < -0.4 is 14.4 Å². The van der Waals surface area contributed by atoms with Crippen molar-refractivity contribution in [1.82, 2.24) is 0 Å². The van der Waals surface area contributed by atoms with E-state index in [0.29, 0.717) is 22.2 Å². The van der Waals surface area contributed by atoms with Crippen LogP contribution in [0, 0.1) is 0 Å². The second-order valence-corrected chi connectivity index (χ2v) is 5.61. The van der Waals surface area contributed by atoms with Gasteiger partial charge in [-0.15, -0.1) is 0 Å². The topological polar surface area (TPSA) is 76.1 Å². The zero-order valence-corrected chi connectivity index (χ0v) is 13.5. The monoisotopic (exact) mass is 347 g/mol. The van der Waals surface area contributed by atoms with Gasteiger partial charge in [0.2, 0.25) is 6.10 Å². The summed E-state index contributed by atoms with van der Waals surface area (Å²) in [5.41, 5.74) is 0.757. The molecule has 2 aromatic rings. The Bertz CT molecular complexity index is 807. The molecule has 6 nitrogen and oxygen atoms in total. The van der Waals surface area contributed by atoms with Crippen molar-refractivity contribution in [3.05, 3.63) is 53.1 Å². The molecule has 3 rings (SSSR count). The van der Waals surface area contributed by atoms with Crippen LogP contribution in [0.5, 0.6) is 11.5 Å². The molecule has 0 aromatic heterocycles. The van der Waals surface area contributed by atoms with E-state index in [1.165, 1.54) is 18.1 Å². The van der Waals surface area contributed by atoms with Crippen molar-refractivity contribution >= 4 is 29.2 Å². The number of carboxylic acids is 1. The number of aliphatic carboxylic acids is 1. The molecular formula is C17H14ClNO5. The SMILES string of the molecule is COc1ccc(Cl)cc1C(=O)N1C[C@H](C(=O)O)Oc2ccccc21. The average molecular weight is 348 g/mol. The smallest absolute Gasteiger partial charge is 0.346 e. The second kappa shape index (κ2) is 6.41. The number of halogens is 1. The summed E-state index contributed by atoms with van der Waals surface area (Å²) in [6.45, 7) is -0.110. The lowest BCUT2D eigenvalue weighted by Crippen LogP contribution is -2.47. The molecule has 0 bridgehead atoms. The molecule has 1 amide bonds. The lowest BCUT2D eigenvalue weighted by Gasteiger charge is -2.33. The minimum Gasteiger partial charge on any atom is -0.496 e. The molecule has 0 unspecified atom stereocenters. The molecule has 0 aliphatic carbocycles. The van der Waals surface area contributed by atoms with Crippen LogP contribution in [0.25, 0.3) is 0 Å². The molecule has 124 valence electrons. The fraction of sp³-hybridized carbons (Fsp3) is 0.176. The predicted molar refractivity (Wildman–Crippen MR) is 88.2 cm³/mol. The van der Waals surface area contributed by atoms with E-state index in [4.69, 9.17) is 21.1 Å². The predicted octanol–water partition coefficient (Wildman–Crippen LogP) is 2.84. The van der Waals surface area contributed by atoms with Gasteiger partial charge in [-0.1, -0.05) is 23.7 Å². The first-order chi connectivity index (χ1) is 11.5. The zero-order chi connectivity index (χ0) is 17.3. The summed E-state index contributed by atoms with van der Waals surface area (Å²) in [5.74, 6) is -0.845. The molecule has 1 aliphatic rings. The van der Waals surface area contributed by atoms with Crippen molar-refractivity contribution in [2.75, 3.05) is 18.6 Å². The summed E-state index contributed by atoms with van der Waals surface area (Å²) in [6, 6.07) is 11.5. The summed E-state index contributed by atoms with van der Waals surface area (Å²) in [5, 5.41) is 9.65. The fourth-order valence-corrected chi connectivity index (χ4v) is 2.72. The first-order valence-electron chi connectivity index (χ1n) is 7.15. The molecule has 0 saturated heterocycles. The molecule has 0 spiro atoms. The van der Waals surface area contributed by atoms with Gasteiger partial charge in [-0.05, 0) is 30.3 Å². The number of rotatable bonds is 3. The highest BCUT2D eigenvalue weighted by molar-refractivity contribution is 6.31. The van der Waals surface area contributed by atoms with Crippen LogP contribution in [0.15, 0.2) is 42.5 Å². The number of hydrogen-bond donors (Lipinski definition) is 1. The number of hydrogen-bond acceptors (Lipinski definition) is 4. The van der Waals surface area contributed by atoms with E-state index in [1.807, 2.05) is 0 Å². The Morgan fingerprint density at radius 2 is 2.04 bits per heavy atom. The summed E-state index contributed by atoms with van der Waals surface area (Å²) >= 11 is 5.99. The van der Waals surface area contributed by atoms with E-state index < -0.39 is 18.0 Å². The Balaban J connectivity index is 2.06. The van der Waals surface area contributed by atoms with Gasteiger partial charge in [0, 0.05) is 5.02 Å². The third-order valence-electron chi connectivity index (χ3n) is 3.69. The Labute approximate surface area is 143 Å². The van der Waals surface area contributed by atoms with Crippen molar-refractivity contribution in [3.63, 3.8) is 0 Å². The molecule has 0 fully saturated rings. The van der Waals surface area contributed by atoms with Crippen LogP contribution in [0.3, 0.4) is 0 Å². The summed E-state index contributed by atoms with van der Waals surface area (Å²) in [4.78, 5) is 25.7. The van der Waals surface area contributed by atoms with Crippen molar-refractivity contribution in [2.45, 2.75) is 6.10 Å². The lowest BCUT2D eigenvalue weighted by atomic mass is 10.1. The number of amides is 1. The molecule has 7 heteroatoms. The maximum atomic E-state index is 13.0. The van der Waals surface area contributed by atoms with E-state index >= 15 is 0 Å². The Morgan fingerprint density at radius 1 is 1.29 bits per heavy atom. The van der Waals surface area contributed by atoms with Gasteiger partial charge in [0.15, 0.2) is 0 Å². The second-order valence-electron chi connectivity index (χ2n) is 5.17. The minimum atomic E-state index is -1.14. The van der Waals surface area contributed by atoms with Gasteiger partial charge in [0.25, 0.3) is 5.91 Å². The maximum absolute atomic E-state index is 13.0. The summed E-state index contributed by atoms with van der Waals surface area (Å²) in [6.07, 6.45) is -1.14. The van der Waals surface area contributed by atoms with Gasteiger partial charge < -0.3 is 19.5 Å².